The fourth-order valence-corrected chi connectivity index (χ4v) is 2.67. The Morgan fingerprint density at radius 2 is 1.91 bits per heavy atom. The summed E-state index contributed by atoms with van der Waals surface area (Å²) in [5.74, 6) is -0.724. The van der Waals surface area contributed by atoms with Gasteiger partial charge in [-0.3, -0.25) is 9.59 Å². The molecule has 5 heteroatoms. The summed E-state index contributed by atoms with van der Waals surface area (Å²) in [6.07, 6.45) is 1.60. The van der Waals surface area contributed by atoms with Gasteiger partial charge in [-0.05, 0) is 25.3 Å². The van der Waals surface area contributed by atoms with E-state index in [1.54, 1.807) is 0 Å². The molecule has 0 aromatic heterocycles. The molecular weight excluding hydrogens is 282 g/mol. The van der Waals surface area contributed by atoms with Crippen LogP contribution in [-0.2, 0) is 14.3 Å². The maximum atomic E-state index is 12.4. The van der Waals surface area contributed by atoms with Crippen molar-refractivity contribution in [3.63, 3.8) is 0 Å². The summed E-state index contributed by atoms with van der Waals surface area (Å²) in [5.41, 5.74) is 1.08. The zero-order valence-corrected chi connectivity index (χ0v) is 12.9. The average molecular weight is 305 g/mol. The van der Waals surface area contributed by atoms with Crippen molar-refractivity contribution in [2.75, 3.05) is 13.2 Å². The van der Waals surface area contributed by atoms with E-state index in [0.717, 1.165) is 5.56 Å². The molecule has 1 heterocycles. The maximum absolute atomic E-state index is 12.4. The third kappa shape index (κ3) is 4.56. The summed E-state index contributed by atoms with van der Waals surface area (Å²) in [5, 5.41) is 8.62. The normalized spacial score (nSPS) is 21.6. The molecule has 1 N–H and O–H groups in total. The van der Waals surface area contributed by atoms with Gasteiger partial charge in [0.05, 0.1) is 19.2 Å². The highest BCUT2D eigenvalue weighted by Crippen LogP contribution is 2.25. The van der Waals surface area contributed by atoms with E-state index < -0.39 is 5.97 Å². The number of nitrogens with zero attached hydrogens (tertiary/aromatic N) is 1. The van der Waals surface area contributed by atoms with Crippen LogP contribution >= 0.6 is 0 Å². The molecule has 1 saturated heterocycles. The molecule has 1 aromatic rings. The number of carboxylic acid groups (broad SMARTS) is 1. The van der Waals surface area contributed by atoms with Crippen LogP contribution in [0.2, 0.25) is 0 Å². The van der Waals surface area contributed by atoms with Crippen LogP contribution in [0.5, 0.6) is 0 Å². The van der Waals surface area contributed by atoms with Crippen molar-refractivity contribution in [3.05, 3.63) is 35.9 Å². The first-order chi connectivity index (χ1) is 10.6. The van der Waals surface area contributed by atoms with Gasteiger partial charge in [-0.2, -0.15) is 0 Å². The number of hydrogen-bond acceptors (Lipinski definition) is 3. The molecule has 0 radical (unpaired) electrons. The van der Waals surface area contributed by atoms with Gasteiger partial charge in [0, 0.05) is 12.8 Å². The van der Waals surface area contributed by atoms with Gasteiger partial charge in [-0.15, -0.1) is 0 Å². The van der Waals surface area contributed by atoms with Gasteiger partial charge < -0.3 is 14.7 Å². The van der Waals surface area contributed by atoms with E-state index in [-0.39, 0.29) is 24.5 Å². The largest absolute Gasteiger partial charge is 0.481 e. The van der Waals surface area contributed by atoms with Crippen LogP contribution in [0.15, 0.2) is 30.3 Å². The van der Waals surface area contributed by atoms with Gasteiger partial charge in [0.1, 0.15) is 6.10 Å². The summed E-state index contributed by atoms with van der Waals surface area (Å²) in [6.45, 7) is 3.07. The van der Waals surface area contributed by atoms with E-state index >= 15 is 0 Å². The molecule has 5 nitrogen and oxygen atoms in total. The number of hydrogen-bond donors (Lipinski definition) is 1. The van der Waals surface area contributed by atoms with Crippen LogP contribution in [-0.4, -0.2) is 41.1 Å². The molecule has 0 aliphatic carbocycles. The number of ether oxygens (including phenoxy) is 1. The molecule has 0 bridgehead atoms. The highest BCUT2D eigenvalue weighted by atomic mass is 16.5. The molecule has 1 aliphatic rings. The Balaban J connectivity index is 1.88. The SMILES string of the molecule is CC1COC(c2ccccc2)CN1C(=O)CCCCC(=O)O. The maximum Gasteiger partial charge on any atom is 0.303 e. The number of amides is 1. The highest BCUT2D eigenvalue weighted by Gasteiger charge is 2.29. The molecule has 0 saturated carbocycles. The van der Waals surface area contributed by atoms with Gasteiger partial charge in [-0.1, -0.05) is 30.3 Å². The highest BCUT2D eigenvalue weighted by molar-refractivity contribution is 5.76. The molecule has 2 rings (SSSR count). The molecule has 1 fully saturated rings. The molecule has 2 atom stereocenters. The summed E-state index contributed by atoms with van der Waals surface area (Å²) in [4.78, 5) is 24.7. The lowest BCUT2D eigenvalue weighted by molar-refractivity contribution is -0.145. The van der Waals surface area contributed by atoms with Crippen molar-refractivity contribution in [2.45, 2.75) is 44.8 Å². The third-order valence-electron chi connectivity index (χ3n) is 3.96. The number of benzene rings is 1. The second-order valence-electron chi connectivity index (χ2n) is 5.73. The first-order valence-electron chi connectivity index (χ1n) is 7.75. The number of rotatable bonds is 6. The van der Waals surface area contributed by atoms with Crippen molar-refractivity contribution in [3.8, 4) is 0 Å². The summed E-state index contributed by atoms with van der Waals surface area (Å²) < 4.78 is 5.84. The van der Waals surface area contributed by atoms with Crippen LogP contribution in [0.4, 0.5) is 0 Å². The Hall–Kier alpha value is -1.88. The Bertz CT molecular complexity index is 503. The van der Waals surface area contributed by atoms with E-state index in [1.807, 2.05) is 42.2 Å². The number of aliphatic carboxylic acids is 1. The quantitative estimate of drug-likeness (QED) is 0.820. The first-order valence-corrected chi connectivity index (χ1v) is 7.75. The second kappa shape index (κ2) is 7.94. The van der Waals surface area contributed by atoms with Crippen LogP contribution in [0.3, 0.4) is 0 Å². The lowest BCUT2D eigenvalue weighted by Gasteiger charge is -2.38. The van der Waals surface area contributed by atoms with Crippen molar-refractivity contribution < 1.29 is 19.4 Å². The van der Waals surface area contributed by atoms with Crippen LogP contribution in [0.25, 0.3) is 0 Å². The number of unbranched alkanes of at least 4 members (excludes halogenated alkanes) is 1. The first kappa shape index (κ1) is 16.5. The minimum atomic E-state index is -0.809. The van der Waals surface area contributed by atoms with Gasteiger partial charge in [0.15, 0.2) is 0 Å². The Kier molecular flexibility index (Phi) is 5.95. The molecule has 0 spiro atoms. The number of carboxylic acids is 1. The number of carbonyl (C=O) groups excluding carboxylic acids is 1. The van der Waals surface area contributed by atoms with Crippen LogP contribution in [0.1, 0.15) is 44.3 Å². The average Bonchev–Trinajstić information content (AvgIpc) is 2.52. The van der Waals surface area contributed by atoms with E-state index in [1.165, 1.54) is 0 Å². The smallest absolute Gasteiger partial charge is 0.303 e. The van der Waals surface area contributed by atoms with Crippen molar-refractivity contribution in [2.24, 2.45) is 0 Å². The van der Waals surface area contributed by atoms with Gasteiger partial charge >= 0.3 is 5.97 Å². The lowest BCUT2D eigenvalue weighted by atomic mass is 10.1. The number of morpholine rings is 1. The minimum Gasteiger partial charge on any atom is -0.481 e. The Morgan fingerprint density at radius 1 is 1.23 bits per heavy atom. The summed E-state index contributed by atoms with van der Waals surface area (Å²) in [7, 11) is 0. The second-order valence-corrected chi connectivity index (χ2v) is 5.73. The Labute approximate surface area is 130 Å². The van der Waals surface area contributed by atoms with Crippen molar-refractivity contribution >= 4 is 11.9 Å². The molecule has 2 unspecified atom stereocenters. The van der Waals surface area contributed by atoms with E-state index in [4.69, 9.17) is 9.84 Å². The van der Waals surface area contributed by atoms with Gasteiger partial charge in [0.2, 0.25) is 5.91 Å². The van der Waals surface area contributed by atoms with Crippen molar-refractivity contribution in [1.82, 2.24) is 4.90 Å². The van der Waals surface area contributed by atoms with Gasteiger partial charge in [-0.25, -0.2) is 0 Å². The topological polar surface area (TPSA) is 66.8 Å². The molecule has 1 aromatic carbocycles. The minimum absolute atomic E-state index is 0.0620. The predicted molar refractivity (Wildman–Crippen MR) is 82.4 cm³/mol. The van der Waals surface area contributed by atoms with Gasteiger partial charge in [0.25, 0.3) is 0 Å². The molecule has 1 amide bonds. The fraction of sp³-hybridized carbons (Fsp3) is 0.529. The fourth-order valence-electron chi connectivity index (χ4n) is 2.67. The monoisotopic (exact) mass is 305 g/mol. The zero-order chi connectivity index (χ0) is 15.9. The molecule has 1 aliphatic heterocycles. The molecular formula is C17H23NO4. The number of carbonyl (C=O) groups is 2. The van der Waals surface area contributed by atoms with Crippen LogP contribution < -0.4 is 0 Å². The van der Waals surface area contributed by atoms with Crippen LogP contribution in [0, 0.1) is 0 Å². The van der Waals surface area contributed by atoms with E-state index in [9.17, 15) is 9.59 Å². The lowest BCUT2D eigenvalue weighted by Crippen LogP contribution is -2.48. The van der Waals surface area contributed by atoms with E-state index in [0.29, 0.717) is 32.4 Å². The van der Waals surface area contributed by atoms with E-state index in [2.05, 4.69) is 0 Å². The third-order valence-corrected chi connectivity index (χ3v) is 3.96. The summed E-state index contributed by atoms with van der Waals surface area (Å²) in [6, 6.07) is 9.97. The molecule has 120 valence electrons. The standard InChI is InChI=1S/C17H23NO4/c1-13-12-22-15(14-7-3-2-4-8-14)11-18(13)16(19)9-5-6-10-17(20)21/h2-4,7-8,13,15H,5-6,9-12H2,1H3,(H,20,21). The predicted octanol–water partition coefficient (Wildman–Crippen LogP) is 2.62. The Morgan fingerprint density at radius 3 is 2.59 bits per heavy atom. The summed E-state index contributed by atoms with van der Waals surface area (Å²) >= 11 is 0. The van der Waals surface area contributed by atoms with Crippen molar-refractivity contribution in [1.29, 1.82) is 0 Å². The molecule has 22 heavy (non-hydrogen) atoms. The zero-order valence-electron chi connectivity index (χ0n) is 12.9.